The van der Waals surface area contributed by atoms with Gasteiger partial charge in [0.15, 0.2) is 5.82 Å². The number of pyridine rings is 2. The molecule has 0 fully saturated rings. The van der Waals surface area contributed by atoms with Crippen LogP contribution >= 0.6 is 7.59 Å². The fourth-order valence-corrected chi connectivity index (χ4v) is 6.31. The predicted octanol–water partition coefficient (Wildman–Crippen LogP) is 3.67. The lowest BCUT2D eigenvalue weighted by Gasteiger charge is -2.15. The highest BCUT2D eigenvalue weighted by Gasteiger charge is 2.23. The minimum absolute atomic E-state index is 0.236. The van der Waals surface area contributed by atoms with Crippen LogP contribution in [0.4, 0.5) is 5.82 Å². The summed E-state index contributed by atoms with van der Waals surface area (Å²) >= 11 is 0. The molecule has 5 rings (SSSR count). The number of benzene rings is 2. The summed E-state index contributed by atoms with van der Waals surface area (Å²) in [6.07, 6.45) is 4.24. The first-order valence-corrected chi connectivity index (χ1v) is 14.7. The number of sulfonamides is 1. The normalized spacial score (nSPS) is 11.9. The van der Waals surface area contributed by atoms with Crippen LogP contribution in [0.2, 0.25) is 0 Å². The predicted molar refractivity (Wildman–Crippen MR) is 146 cm³/mol. The van der Waals surface area contributed by atoms with Crippen LogP contribution in [-0.2, 0) is 21.1 Å². The van der Waals surface area contributed by atoms with Gasteiger partial charge in [-0.2, -0.15) is 0 Å². The van der Waals surface area contributed by atoms with Gasteiger partial charge in [0.2, 0.25) is 10.0 Å². The monoisotopic (exact) mass is 546 g/mol. The molecule has 0 saturated carbocycles. The van der Waals surface area contributed by atoms with E-state index in [1.807, 2.05) is 66.7 Å². The molecule has 0 aliphatic rings. The van der Waals surface area contributed by atoms with Crippen LogP contribution in [0.5, 0.6) is 0 Å². The van der Waals surface area contributed by atoms with Crippen LogP contribution in [0.3, 0.4) is 0 Å². The summed E-state index contributed by atoms with van der Waals surface area (Å²) in [5, 5.41) is 4.16. The number of nitrogens with two attached hydrogens (primary N) is 2. The Bertz CT molecular complexity index is 1760. The standard InChI is InChI=1S/C25H23N8O3PS/c26-37(27,34)33-38(35,36)20-13-18(14-28-16-20)24-31-22-11-6-10-21(17-7-2-1-3-8-17)23(22)25(32-24)30-15-19-9-4-5-12-29-19/h1-14,16H,15H2,(H,30,31,32)(H5,26,27,33,34). The molecular formula is C25H23N8O3PS. The molecule has 0 aliphatic carbocycles. The van der Waals surface area contributed by atoms with Gasteiger partial charge in [0.05, 0.1) is 23.1 Å². The van der Waals surface area contributed by atoms with Gasteiger partial charge in [-0.25, -0.2) is 18.4 Å². The van der Waals surface area contributed by atoms with Crippen LogP contribution < -0.4 is 20.8 Å². The van der Waals surface area contributed by atoms with Crippen LogP contribution in [0.1, 0.15) is 5.69 Å². The molecule has 38 heavy (non-hydrogen) atoms. The number of nitrogens with zero attached hydrogens (tertiary/aromatic N) is 4. The first-order chi connectivity index (χ1) is 18.2. The van der Waals surface area contributed by atoms with Gasteiger partial charge in [0.1, 0.15) is 10.7 Å². The fraction of sp³-hybridized carbons (Fsp3) is 0.0400. The second-order valence-electron chi connectivity index (χ2n) is 8.35. The molecule has 0 radical (unpaired) electrons. The smallest absolute Gasteiger partial charge is 0.287 e. The molecule has 0 bridgehead atoms. The highest BCUT2D eigenvalue weighted by molar-refractivity contribution is 7.95. The average Bonchev–Trinajstić information content (AvgIpc) is 2.91. The first kappa shape index (κ1) is 25.6. The van der Waals surface area contributed by atoms with Gasteiger partial charge in [-0.3, -0.25) is 25.5 Å². The van der Waals surface area contributed by atoms with Gasteiger partial charge in [0.25, 0.3) is 7.59 Å². The van der Waals surface area contributed by atoms with Crippen molar-refractivity contribution in [2.45, 2.75) is 11.4 Å². The van der Waals surface area contributed by atoms with Gasteiger partial charge in [0, 0.05) is 24.2 Å². The molecule has 0 saturated heterocycles. The van der Waals surface area contributed by atoms with E-state index in [2.05, 4.69) is 15.3 Å². The highest BCUT2D eigenvalue weighted by Crippen LogP contribution is 2.34. The Kier molecular flexibility index (Phi) is 6.98. The molecule has 11 nitrogen and oxygen atoms in total. The van der Waals surface area contributed by atoms with E-state index in [0.717, 1.165) is 28.4 Å². The molecule has 3 heterocycles. The minimum atomic E-state index is -4.30. The second-order valence-corrected chi connectivity index (χ2v) is 12.0. The molecular weight excluding hydrogens is 523 g/mol. The Labute approximate surface area is 219 Å². The van der Waals surface area contributed by atoms with E-state index in [1.165, 1.54) is 12.3 Å². The number of hydrogen-bond donors (Lipinski definition) is 4. The molecule has 6 N–H and O–H groups in total. The van der Waals surface area contributed by atoms with E-state index in [-0.39, 0.29) is 10.7 Å². The number of aromatic nitrogens is 4. The lowest BCUT2D eigenvalue weighted by Crippen LogP contribution is -2.28. The zero-order valence-electron chi connectivity index (χ0n) is 19.9. The second kappa shape index (κ2) is 10.4. The zero-order chi connectivity index (χ0) is 26.8. The summed E-state index contributed by atoms with van der Waals surface area (Å²) in [7, 11) is -8.36. The first-order valence-electron chi connectivity index (χ1n) is 11.4. The summed E-state index contributed by atoms with van der Waals surface area (Å²) in [6, 6.07) is 22.6. The van der Waals surface area contributed by atoms with Crippen LogP contribution in [-0.4, -0.2) is 28.4 Å². The maximum absolute atomic E-state index is 12.6. The van der Waals surface area contributed by atoms with Gasteiger partial charge < -0.3 is 5.32 Å². The summed E-state index contributed by atoms with van der Waals surface area (Å²) in [6.45, 7) is 0.397. The molecule has 192 valence electrons. The molecule has 0 amide bonds. The molecule has 3 aromatic heterocycles. The van der Waals surface area contributed by atoms with Crippen molar-refractivity contribution in [3.8, 4) is 22.5 Å². The molecule has 0 aliphatic heterocycles. The van der Waals surface area contributed by atoms with Crippen molar-refractivity contribution in [3.05, 3.63) is 97.1 Å². The molecule has 13 heteroatoms. The molecule has 0 spiro atoms. The Morgan fingerprint density at radius 3 is 2.39 bits per heavy atom. The van der Waals surface area contributed by atoms with Crippen molar-refractivity contribution in [1.29, 1.82) is 0 Å². The van der Waals surface area contributed by atoms with Crippen LogP contribution in [0.15, 0.2) is 96.3 Å². The van der Waals surface area contributed by atoms with Crippen molar-refractivity contribution in [2.75, 3.05) is 5.32 Å². The number of hydrogen-bond acceptors (Lipinski definition) is 8. The van der Waals surface area contributed by atoms with Gasteiger partial charge in [-0.05, 0) is 35.4 Å². The molecule has 5 aromatic rings. The Morgan fingerprint density at radius 2 is 1.66 bits per heavy atom. The maximum Gasteiger partial charge on any atom is 0.287 e. The quantitative estimate of drug-likeness (QED) is 0.210. The summed E-state index contributed by atoms with van der Waals surface area (Å²) in [5.41, 5.74) is 14.1. The molecule has 0 atom stereocenters. The van der Waals surface area contributed by atoms with Gasteiger partial charge in [-0.15, -0.1) is 4.49 Å². The number of nitrogens with one attached hydrogen (secondary N) is 2. The van der Waals surface area contributed by atoms with E-state index < -0.39 is 17.6 Å². The third-order valence-corrected chi connectivity index (χ3v) is 8.46. The van der Waals surface area contributed by atoms with Crippen molar-refractivity contribution < 1.29 is 13.0 Å². The van der Waals surface area contributed by atoms with Crippen molar-refractivity contribution in [2.24, 2.45) is 11.0 Å². The van der Waals surface area contributed by atoms with Crippen LogP contribution in [0, 0.1) is 0 Å². The summed E-state index contributed by atoms with van der Waals surface area (Å²) < 4.78 is 38.7. The lowest BCUT2D eigenvalue weighted by atomic mass is 10.0. The van der Waals surface area contributed by atoms with E-state index in [4.69, 9.17) is 21.0 Å². The Hall–Kier alpha value is -4.06. The third-order valence-electron chi connectivity index (χ3n) is 5.52. The number of fused-ring (bicyclic) bond motifs is 1. The van der Waals surface area contributed by atoms with E-state index in [1.54, 1.807) is 10.7 Å². The van der Waals surface area contributed by atoms with E-state index >= 15 is 0 Å². The van der Waals surface area contributed by atoms with Gasteiger partial charge in [-0.1, -0.05) is 48.5 Å². The largest absolute Gasteiger partial charge is 0.364 e. The lowest BCUT2D eigenvalue weighted by molar-refractivity contribution is 0.567. The van der Waals surface area contributed by atoms with Crippen LogP contribution in [0.25, 0.3) is 33.4 Å². The van der Waals surface area contributed by atoms with E-state index in [0.29, 0.717) is 23.4 Å². The average molecular weight is 547 g/mol. The Morgan fingerprint density at radius 1 is 0.868 bits per heavy atom. The fourth-order valence-electron chi connectivity index (χ4n) is 3.90. The zero-order valence-corrected chi connectivity index (χ0v) is 21.6. The SMILES string of the molecule is NP(N)(=O)NS(=O)(=O)c1cncc(-c2nc(NCc3ccccn3)c3c(-c4ccccc4)cccc3n2)c1. The van der Waals surface area contributed by atoms with Crippen molar-refractivity contribution >= 4 is 34.3 Å². The summed E-state index contributed by atoms with van der Waals surface area (Å²) in [4.78, 5) is 17.6. The molecule has 2 aromatic carbocycles. The Balaban J connectivity index is 1.65. The number of anilines is 1. The maximum atomic E-state index is 12.6. The number of rotatable bonds is 8. The topological polar surface area (TPSA) is 179 Å². The van der Waals surface area contributed by atoms with Crippen molar-refractivity contribution in [1.82, 2.24) is 24.4 Å². The molecule has 0 unspecified atom stereocenters. The summed E-state index contributed by atoms with van der Waals surface area (Å²) in [5.74, 6) is 0.773. The van der Waals surface area contributed by atoms with Crippen molar-refractivity contribution in [3.63, 3.8) is 0 Å². The van der Waals surface area contributed by atoms with E-state index in [9.17, 15) is 13.0 Å². The minimum Gasteiger partial charge on any atom is -0.364 e. The highest BCUT2D eigenvalue weighted by atomic mass is 32.2. The van der Waals surface area contributed by atoms with Gasteiger partial charge >= 0.3 is 0 Å². The third kappa shape index (κ3) is 5.75.